The van der Waals surface area contributed by atoms with Gasteiger partial charge in [0.15, 0.2) is 0 Å². The number of nitriles is 1. The lowest BCUT2D eigenvalue weighted by Crippen LogP contribution is -2.19. The summed E-state index contributed by atoms with van der Waals surface area (Å²) in [4.78, 5) is 11.2. The minimum Gasteiger partial charge on any atom is -0.469 e. The zero-order valence-corrected chi connectivity index (χ0v) is 11.0. The molecule has 1 aromatic rings. The summed E-state index contributed by atoms with van der Waals surface area (Å²) in [5.41, 5.74) is 0.208. The number of rotatable bonds is 4. The van der Waals surface area contributed by atoms with Gasteiger partial charge in [-0.25, -0.2) is 0 Å². The van der Waals surface area contributed by atoms with Crippen molar-refractivity contribution >= 4 is 17.6 Å². The number of hydrogen-bond acceptors (Lipinski definition) is 4. The van der Waals surface area contributed by atoms with Crippen LogP contribution in [0.15, 0.2) is 12.1 Å². The molecule has 0 fully saturated rings. The summed E-state index contributed by atoms with van der Waals surface area (Å²) in [5.74, 6) is -1.43. The van der Waals surface area contributed by atoms with Gasteiger partial charge in [0, 0.05) is 11.4 Å². The third-order valence-electron chi connectivity index (χ3n) is 2.34. The standard InChI is InChI=1S/C12H9ClF3NO3/c1-19-11(18)4-7-2-8(5-13)9(6-17)3-10(7)20-12(14,15)16/h2-3H,4-5H2,1H3. The van der Waals surface area contributed by atoms with E-state index in [4.69, 9.17) is 16.9 Å². The highest BCUT2D eigenvalue weighted by atomic mass is 35.5. The fourth-order valence-electron chi connectivity index (χ4n) is 1.48. The van der Waals surface area contributed by atoms with Crippen LogP contribution >= 0.6 is 11.6 Å². The first kappa shape index (κ1) is 16.1. The predicted molar refractivity (Wildman–Crippen MR) is 63.1 cm³/mol. The number of benzene rings is 1. The van der Waals surface area contributed by atoms with Gasteiger partial charge < -0.3 is 9.47 Å². The van der Waals surface area contributed by atoms with Crippen molar-refractivity contribution in [3.63, 3.8) is 0 Å². The van der Waals surface area contributed by atoms with Crippen molar-refractivity contribution in [2.45, 2.75) is 18.7 Å². The summed E-state index contributed by atoms with van der Waals surface area (Å²) in [6.45, 7) is 0. The summed E-state index contributed by atoms with van der Waals surface area (Å²) in [6.07, 6.45) is -5.35. The van der Waals surface area contributed by atoms with E-state index in [1.807, 2.05) is 0 Å². The Morgan fingerprint density at radius 2 is 2.05 bits per heavy atom. The molecule has 0 unspecified atom stereocenters. The van der Waals surface area contributed by atoms with E-state index in [0.29, 0.717) is 5.56 Å². The van der Waals surface area contributed by atoms with Crippen LogP contribution in [0.4, 0.5) is 13.2 Å². The lowest BCUT2D eigenvalue weighted by Gasteiger charge is -2.14. The van der Waals surface area contributed by atoms with E-state index in [0.717, 1.165) is 13.2 Å². The summed E-state index contributed by atoms with van der Waals surface area (Å²) >= 11 is 5.61. The fourth-order valence-corrected chi connectivity index (χ4v) is 1.70. The van der Waals surface area contributed by atoms with E-state index in [9.17, 15) is 18.0 Å². The zero-order valence-electron chi connectivity index (χ0n) is 10.3. The Hall–Kier alpha value is -1.94. The summed E-state index contributed by atoms with van der Waals surface area (Å²) in [6, 6.07) is 3.85. The number of hydrogen-bond donors (Lipinski definition) is 0. The molecule has 0 bridgehead atoms. The molecule has 0 aliphatic carbocycles. The maximum Gasteiger partial charge on any atom is 0.573 e. The van der Waals surface area contributed by atoms with Gasteiger partial charge in [0.2, 0.25) is 0 Å². The van der Waals surface area contributed by atoms with Crippen LogP contribution in [0.3, 0.4) is 0 Å². The highest BCUT2D eigenvalue weighted by Gasteiger charge is 2.32. The molecule has 0 radical (unpaired) electrons. The average Bonchev–Trinajstić information content (AvgIpc) is 2.38. The molecule has 0 aliphatic heterocycles. The van der Waals surface area contributed by atoms with Crippen LogP contribution in [0.5, 0.6) is 5.75 Å². The van der Waals surface area contributed by atoms with Gasteiger partial charge >= 0.3 is 12.3 Å². The number of carbonyl (C=O) groups excluding carboxylic acids is 1. The lowest BCUT2D eigenvalue weighted by atomic mass is 10.0. The summed E-state index contributed by atoms with van der Waals surface area (Å²) in [7, 11) is 1.11. The largest absolute Gasteiger partial charge is 0.573 e. The number of halogens is 4. The number of ether oxygens (including phenoxy) is 2. The molecule has 0 aromatic heterocycles. The second-order valence-electron chi connectivity index (χ2n) is 3.66. The van der Waals surface area contributed by atoms with Gasteiger partial charge in [-0.2, -0.15) is 5.26 Å². The lowest BCUT2D eigenvalue weighted by molar-refractivity contribution is -0.274. The highest BCUT2D eigenvalue weighted by Crippen LogP contribution is 2.30. The summed E-state index contributed by atoms with van der Waals surface area (Å²) < 4.78 is 45.1. The molecule has 20 heavy (non-hydrogen) atoms. The number of alkyl halides is 4. The number of carbonyl (C=O) groups is 1. The quantitative estimate of drug-likeness (QED) is 0.634. The van der Waals surface area contributed by atoms with Crippen LogP contribution in [-0.4, -0.2) is 19.4 Å². The molecule has 1 aromatic carbocycles. The minimum absolute atomic E-state index is 0.0483. The zero-order chi connectivity index (χ0) is 15.3. The van der Waals surface area contributed by atoms with Crippen molar-refractivity contribution in [2.24, 2.45) is 0 Å². The summed E-state index contributed by atoms with van der Waals surface area (Å²) in [5, 5.41) is 8.85. The molecule has 0 N–H and O–H groups in total. The van der Waals surface area contributed by atoms with Crippen LogP contribution in [0.1, 0.15) is 16.7 Å². The average molecular weight is 308 g/mol. The number of nitrogens with zero attached hydrogens (tertiary/aromatic N) is 1. The Labute approximate surface area is 117 Å². The Morgan fingerprint density at radius 3 is 2.50 bits per heavy atom. The van der Waals surface area contributed by atoms with Crippen molar-refractivity contribution in [3.8, 4) is 11.8 Å². The third kappa shape index (κ3) is 4.31. The maximum absolute atomic E-state index is 12.3. The first-order chi connectivity index (χ1) is 9.30. The Bertz CT molecular complexity index is 552. The topological polar surface area (TPSA) is 59.3 Å². The van der Waals surface area contributed by atoms with Crippen molar-refractivity contribution in [3.05, 3.63) is 28.8 Å². The smallest absolute Gasteiger partial charge is 0.469 e. The maximum atomic E-state index is 12.3. The molecule has 0 atom stereocenters. The normalized spacial score (nSPS) is 10.8. The second-order valence-corrected chi connectivity index (χ2v) is 3.93. The number of esters is 1. The molecule has 0 aliphatic rings. The van der Waals surface area contributed by atoms with E-state index in [1.54, 1.807) is 6.07 Å². The Kier molecular flexibility index (Phi) is 5.22. The van der Waals surface area contributed by atoms with Crippen molar-refractivity contribution in [1.82, 2.24) is 0 Å². The molecule has 4 nitrogen and oxygen atoms in total. The molecule has 0 saturated carbocycles. The highest BCUT2D eigenvalue weighted by molar-refractivity contribution is 6.17. The SMILES string of the molecule is COC(=O)Cc1cc(CCl)c(C#N)cc1OC(F)(F)F. The van der Waals surface area contributed by atoms with Crippen LogP contribution in [0, 0.1) is 11.3 Å². The third-order valence-corrected chi connectivity index (χ3v) is 2.63. The van der Waals surface area contributed by atoms with E-state index in [-0.39, 0.29) is 17.0 Å². The molecule has 8 heteroatoms. The Balaban J connectivity index is 3.29. The predicted octanol–water partition coefficient (Wildman–Crippen LogP) is 2.91. The van der Waals surface area contributed by atoms with Gasteiger partial charge in [0.05, 0.1) is 25.2 Å². The molecule has 1 rings (SSSR count). The van der Waals surface area contributed by atoms with Crippen LogP contribution in [0.2, 0.25) is 0 Å². The van der Waals surface area contributed by atoms with E-state index < -0.39 is 24.5 Å². The molecule has 0 saturated heterocycles. The monoisotopic (exact) mass is 307 g/mol. The molecule has 0 spiro atoms. The minimum atomic E-state index is -4.93. The van der Waals surface area contributed by atoms with Gasteiger partial charge in [0.1, 0.15) is 5.75 Å². The van der Waals surface area contributed by atoms with Crippen LogP contribution < -0.4 is 4.74 Å². The molecule has 0 heterocycles. The number of methoxy groups -OCH3 is 1. The van der Waals surface area contributed by atoms with Gasteiger partial charge in [-0.15, -0.1) is 24.8 Å². The van der Waals surface area contributed by atoms with Gasteiger partial charge in [-0.05, 0) is 17.7 Å². The van der Waals surface area contributed by atoms with Crippen molar-refractivity contribution < 1.29 is 27.4 Å². The van der Waals surface area contributed by atoms with E-state index in [1.165, 1.54) is 6.07 Å². The van der Waals surface area contributed by atoms with Crippen LogP contribution in [0.25, 0.3) is 0 Å². The van der Waals surface area contributed by atoms with Crippen molar-refractivity contribution in [2.75, 3.05) is 7.11 Å². The molecule has 108 valence electrons. The molecular weight excluding hydrogens is 299 g/mol. The molecular formula is C12H9ClF3NO3. The van der Waals surface area contributed by atoms with Gasteiger partial charge in [-0.3, -0.25) is 4.79 Å². The second kappa shape index (κ2) is 6.48. The van der Waals surface area contributed by atoms with Gasteiger partial charge in [-0.1, -0.05) is 0 Å². The van der Waals surface area contributed by atoms with Crippen LogP contribution in [-0.2, 0) is 21.8 Å². The van der Waals surface area contributed by atoms with E-state index >= 15 is 0 Å². The Morgan fingerprint density at radius 1 is 1.40 bits per heavy atom. The van der Waals surface area contributed by atoms with Gasteiger partial charge in [0.25, 0.3) is 0 Å². The molecule has 0 amide bonds. The fraction of sp³-hybridized carbons (Fsp3) is 0.333. The van der Waals surface area contributed by atoms with Crippen molar-refractivity contribution in [1.29, 1.82) is 5.26 Å². The van der Waals surface area contributed by atoms with E-state index in [2.05, 4.69) is 9.47 Å². The first-order valence-electron chi connectivity index (χ1n) is 5.25. The first-order valence-corrected chi connectivity index (χ1v) is 5.78.